The van der Waals surface area contributed by atoms with Gasteiger partial charge in [0, 0.05) is 0 Å². The topological polar surface area (TPSA) is 52.6 Å². The van der Waals surface area contributed by atoms with E-state index in [-0.39, 0.29) is 11.9 Å². The van der Waals surface area contributed by atoms with Crippen LogP contribution in [0.4, 0.5) is 0 Å². The van der Waals surface area contributed by atoms with Crippen LogP contribution >= 0.6 is 0 Å². The number of carbonyl (C=O) groups excluding carboxylic acids is 2. The highest BCUT2D eigenvalue weighted by atomic mass is 16.5. The second-order valence-electron chi connectivity index (χ2n) is 7.83. The van der Waals surface area contributed by atoms with Crippen LogP contribution in [0.2, 0.25) is 0 Å². The van der Waals surface area contributed by atoms with Crippen molar-refractivity contribution in [2.45, 2.75) is 91.4 Å². The summed E-state index contributed by atoms with van der Waals surface area (Å²) in [7, 11) is 0. The van der Waals surface area contributed by atoms with Crippen LogP contribution in [0, 0.1) is 5.92 Å². The SMILES string of the molecule is CCCCCCCCCCCOC(=O)c1cccc(C(=O)OCC(CC)CC)c1. The smallest absolute Gasteiger partial charge is 0.338 e. The van der Waals surface area contributed by atoms with Gasteiger partial charge in [0.2, 0.25) is 0 Å². The predicted octanol–water partition coefficient (Wildman–Crippen LogP) is 6.97. The van der Waals surface area contributed by atoms with Crippen molar-refractivity contribution in [1.82, 2.24) is 0 Å². The van der Waals surface area contributed by atoms with Gasteiger partial charge in [-0.15, -0.1) is 0 Å². The Balaban J connectivity index is 2.27. The zero-order valence-electron chi connectivity index (χ0n) is 18.7. The molecule has 1 aromatic carbocycles. The molecule has 164 valence electrons. The molecule has 0 N–H and O–H groups in total. The Hall–Kier alpha value is -1.84. The quantitative estimate of drug-likeness (QED) is 0.220. The van der Waals surface area contributed by atoms with Crippen molar-refractivity contribution < 1.29 is 19.1 Å². The van der Waals surface area contributed by atoms with Crippen molar-refractivity contribution in [3.63, 3.8) is 0 Å². The van der Waals surface area contributed by atoms with Gasteiger partial charge in [-0.25, -0.2) is 9.59 Å². The standard InChI is InChI=1S/C25H40O4/c1-4-7-8-9-10-11-12-13-14-18-28-24(26)22-16-15-17-23(19-22)25(27)29-20-21(5-2)6-3/h15-17,19,21H,4-14,18,20H2,1-3H3. The van der Waals surface area contributed by atoms with Crippen LogP contribution in [-0.2, 0) is 9.47 Å². The van der Waals surface area contributed by atoms with Crippen molar-refractivity contribution in [2.75, 3.05) is 13.2 Å². The second-order valence-corrected chi connectivity index (χ2v) is 7.83. The molecule has 0 aliphatic rings. The van der Waals surface area contributed by atoms with E-state index in [0.717, 1.165) is 25.7 Å². The highest BCUT2D eigenvalue weighted by Gasteiger charge is 2.14. The molecule has 29 heavy (non-hydrogen) atoms. The Labute approximate surface area is 177 Å². The summed E-state index contributed by atoms with van der Waals surface area (Å²) in [5.41, 5.74) is 0.798. The lowest BCUT2D eigenvalue weighted by molar-refractivity contribution is 0.0433. The molecule has 0 amide bonds. The van der Waals surface area contributed by atoms with Crippen LogP contribution in [0.15, 0.2) is 24.3 Å². The zero-order valence-corrected chi connectivity index (χ0v) is 18.7. The third-order valence-electron chi connectivity index (χ3n) is 5.42. The van der Waals surface area contributed by atoms with E-state index in [1.807, 2.05) is 0 Å². The summed E-state index contributed by atoms with van der Waals surface area (Å²) >= 11 is 0. The fourth-order valence-electron chi connectivity index (χ4n) is 3.24. The Morgan fingerprint density at radius 1 is 0.759 bits per heavy atom. The fourth-order valence-corrected chi connectivity index (χ4v) is 3.24. The molecular weight excluding hydrogens is 364 g/mol. The van der Waals surface area contributed by atoms with Crippen molar-refractivity contribution in [1.29, 1.82) is 0 Å². The first-order valence-corrected chi connectivity index (χ1v) is 11.6. The van der Waals surface area contributed by atoms with E-state index < -0.39 is 0 Å². The van der Waals surface area contributed by atoms with Crippen molar-refractivity contribution in [2.24, 2.45) is 5.92 Å². The Morgan fingerprint density at radius 2 is 1.28 bits per heavy atom. The molecule has 0 fully saturated rings. The van der Waals surface area contributed by atoms with Gasteiger partial charge in [0.1, 0.15) is 0 Å². The molecule has 0 heterocycles. The van der Waals surface area contributed by atoms with Crippen molar-refractivity contribution >= 4 is 11.9 Å². The van der Waals surface area contributed by atoms with Crippen LogP contribution < -0.4 is 0 Å². The molecule has 1 rings (SSSR count). The minimum absolute atomic E-state index is 0.376. The lowest BCUT2D eigenvalue weighted by Crippen LogP contribution is -2.14. The monoisotopic (exact) mass is 404 g/mol. The van der Waals surface area contributed by atoms with E-state index in [4.69, 9.17) is 9.47 Å². The zero-order chi connectivity index (χ0) is 21.3. The summed E-state index contributed by atoms with van der Waals surface area (Å²) in [6.45, 7) is 7.26. The van der Waals surface area contributed by atoms with Gasteiger partial charge in [-0.05, 0) is 30.5 Å². The Bertz CT molecular complexity index is 578. The summed E-state index contributed by atoms with van der Waals surface area (Å²) in [5, 5.41) is 0. The Morgan fingerprint density at radius 3 is 1.83 bits per heavy atom. The molecule has 4 nitrogen and oxygen atoms in total. The lowest BCUT2D eigenvalue weighted by atomic mass is 10.1. The highest BCUT2D eigenvalue weighted by molar-refractivity contribution is 5.95. The maximum Gasteiger partial charge on any atom is 0.338 e. The number of carbonyl (C=O) groups is 2. The summed E-state index contributed by atoms with van der Waals surface area (Å²) in [6.07, 6.45) is 13.0. The summed E-state index contributed by atoms with van der Waals surface area (Å²) in [4.78, 5) is 24.5. The van der Waals surface area contributed by atoms with Crippen LogP contribution in [0.3, 0.4) is 0 Å². The van der Waals surface area contributed by atoms with Crippen LogP contribution in [0.25, 0.3) is 0 Å². The van der Waals surface area contributed by atoms with Crippen LogP contribution in [0.5, 0.6) is 0 Å². The molecule has 0 aromatic heterocycles. The van der Waals surface area contributed by atoms with Gasteiger partial charge in [0.05, 0.1) is 24.3 Å². The normalized spacial score (nSPS) is 10.9. The van der Waals surface area contributed by atoms with E-state index in [2.05, 4.69) is 20.8 Å². The van der Waals surface area contributed by atoms with Crippen LogP contribution in [0.1, 0.15) is 112 Å². The van der Waals surface area contributed by atoms with E-state index in [1.54, 1.807) is 24.3 Å². The van der Waals surface area contributed by atoms with Gasteiger partial charge < -0.3 is 9.47 Å². The van der Waals surface area contributed by atoms with Crippen molar-refractivity contribution in [3.8, 4) is 0 Å². The third-order valence-corrected chi connectivity index (χ3v) is 5.42. The molecule has 0 unspecified atom stereocenters. The predicted molar refractivity (Wildman–Crippen MR) is 118 cm³/mol. The second kappa shape index (κ2) is 16.0. The number of hydrogen-bond donors (Lipinski definition) is 0. The molecule has 0 bridgehead atoms. The van der Waals surface area contributed by atoms with Gasteiger partial charge in [-0.2, -0.15) is 0 Å². The third kappa shape index (κ3) is 11.1. The number of rotatable bonds is 16. The first-order valence-electron chi connectivity index (χ1n) is 11.6. The maximum absolute atomic E-state index is 12.2. The molecule has 0 saturated carbocycles. The van der Waals surface area contributed by atoms with E-state index in [1.165, 1.54) is 44.9 Å². The first-order chi connectivity index (χ1) is 14.1. The fraction of sp³-hybridized carbons (Fsp3) is 0.680. The molecule has 0 aliphatic heterocycles. The molecule has 0 spiro atoms. The van der Waals surface area contributed by atoms with Gasteiger partial charge in [0.15, 0.2) is 0 Å². The first kappa shape index (κ1) is 25.2. The summed E-state index contributed by atoms with van der Waals surface area (Å²) in [6, 6.07) is 6.61. The van der Waals surface area contributed by atoms with Gasteiger partial charge in [-0.3, -0.25) is 0 Å². The highest BCUT2D eigenvalue weighted by Crippen LogP contribution is 2.13. The maximum atomic E-state index is 12.2. The van der Waals surface area contributed by atoms with Gasteiger partial charge in [-0.1, -0.05) is 91.0 Å². The average Bonchev–Trinajstić information content (AvgIpc) is 2.75. The number of esters is 2. The van der Waals surface area contributed by atoms with E-state index in [9.17, 15) is 9.59 Å². The van der Waals surface area contributed by atoms with Crippen molar-refractivity contribution in [3.05, 3.63) is 35.4 Å². The summed E-state index contributed by atoms with van der Waals surface area (Å²) in [5.74, 6) is -0.381. The number of hydrogen-bond acceptors (Lipinski definition) is 4. The molecule has 0 atom stereocenters. The minimum Gasteiger partial charge on any atom is -0.462 e. The lowest BCUT2D eigenvalue weighted by Gasteiger charge is -2.13. The number of benzene rings is 1. The minimum atomic E-state index is -0.384. The van der Waals surface area contributed by atoms with Gasteiger partial charge in [0.25, 0.3) is 0 Å². The van der Waals surface area contributed by atoms with Crippen LogP contribution in [-0.4, -0.2) is 25.2 Å². The molecule has 0 radical (unpaired) electrons. The molecule has 4 heteroatoms. The average molecular weight is 405 g/mol. The Kier molecular flexibility index (Phi) is 13.9. The molecule has 0 saturated heterocycles. The molecular formula is C25H40O4. The van der Waals surface area contributed by atoms with E-state index >= 15 is 0 Å². The summed E-state index contributed by atoms with van der Waals surface area (Å²) < 4.78 is 10.7. The van der Waals surface area contributed by atoms with E-state index in [0.29, 0.717) is 30.3 Å². The molecule has 1 aromatic rings. The van der Waals surface area contributed by atoms with Gasteiger partial charge >= 0.3 is 11.9 Å². The number of ether oxygens (including phenoxy) is 2. The molecule has 0 aliphatic carbocycles. The largest absolute Gasteiger partial charge is 0.462 e. The number of unbranched alkanes of at least 4 members (excludes halogenated alkanes) is 8.